The molecule has 1 saturated heterocycles. The molecule has 0 aromatic heterocycles. The molecule has 1 saturated carbocycles. The van der Waals surface area contributed by atoms with Gasteiger partial charge in [-0.2, -0.15) is 0 Å². The summed E-state index contributed by atoms with van der Waals surface area (Å²) >= 11 is 0. The number of nitrogen functional groups attached to an aromatic ring is 1. The lowest BCUT2D eigenvalue weighted by Gasteiger charge is -2.39. The van der Waals surface area contributed by atoms with Crippen LogP contribution in [0.25, 0.3) is 0 Å². The third-order valence-corrected chi connectivity index (χ3v) is 13.7. The summed E-state index contributed by atoms with van der Waals surface area (Å²) in [6, 6.07) is -5.74. The molecule has 1 aliphatic carbocycles. The van der Waals surface area contributed by atoms with Crippen molar-refractivity contribution in [3.05, 3.63) is 23.8 Å². The van der Waals surface area contributed by atoms with E-state index in [1.807, 2.05) is 0 Å². The van der Waals surface area contributed by atoms with Crippen LogP contribution in [0.1, 0.15) is 104 Å². The van der Waals surface area contributed by atoms with E-state index in [2.05, 4.69) is 42.5 Å². The van der Waals surface area contributed by atoms with Crippen LogP contribution in [0.15, 0.2) is 18.2 Å². The number of carboxylic acid groups (broad SMARTS) is 2. The molecular formula is C47H71N11O16S. The van der Waals surface area contributed by atoms with E-state index in [1.54, 1.807) is 27.7 Å². The van der Waals surface area contributed by atoms with Crippen molar-refractivity contribution in [1.29, 1.82) is 0 Å². The molecular weight excluding hydrogens is 1010 g/mol. The van der Waals surface area contributed by atoms with Crippen molar-refractivity contribution in [3.63, 3.8) is 0 Å². The number of carbonyl (C=O) groups excluding carboxylic acids is 10. The Labute approximate surface area is 434 Å². The number of rotatable bonds is 12. The number of hydrogen-bond acceptors (Lipinski definition) is 15. The van der Waals surface area contributed by atoms with Crippen molar-refractivity contribution < 1.29 is 77.1 Å². The lowest BCUT2D eigenvalue weighted by Crippen LogP contribution is -2.66. The second-order valence-electron chi connectivity index (χ2n) is 19.5. The monoisotopic (exact) mass is 1080 g/mol. The molecule has 27 nitrogen and oxygen atoms in total. The minimum absolute atomic E-state index is 0.00707. The van der Waals surface area contributed by atoms with Crippen LogP contribution in [0.5, 0.6) is 5.75 Å². The zero-order valence-corrected chi connectivity index (χ0v) is 43.1. The van der Waals surface area contributed by atoms with Crippen LogP contribution in [-0.4, -0.2) is 150 Å². The fourth-order valence-corrected chi connectivity index (χ4v) is 9.51. The number of nitrogens with two attached hydrogens (primary N) is 3. The van der Waals surface area contributed by atoms with Crippen LogP contribution in [0, 0.1) is 17.8 Å². The number of carboxylic acids is 2. The third-order valence-electron chi connectivity index (χ3n) is 12.5. The number of hydrogen-bond donors (Lipinski definition) is 14. The Morgan fingerprint density at radius 2 is 1.31 bits per heavy atom. The van der Waals surface area contributed by atoms with E-state index in [0.717, 1.165) is 0 Å². The third kappa shape index (κ3) is 19.8. The van der Waals surface area contributed by atoms with E-state index in [4.69, 9.17) is 17.2 Å². The van der Waals surface area contributed by atoms with Crippen molar-refractivity contribution >= 4 is 87.5 Å². The second kappa shape index (κ2) is 28.9. The SMILES string of the molecule is CC(C)C[C@@H]1NC(=O)[C@H](CC(C(=O)O)C(=O)O)NC(=O)CS(=O)C[C@H](C(N)=O)NC(=O)CCCCNC(=O)[C@H](C(C)C)NC(=O)[C@H](CC(N)=O)NC(=O)C2(CCCCC2)NC(=O)[C@H](Cc2ccc(O)c(N)c2)NC1=O. The van der Waals surface area contributed by atoms with Gasteiger partial charge in [-0.25, -0.2) is 0 Å². The average molecular weight is 1080 g/mol. The van der Waals surface area contributed by atoms with Gasteiger partial charge in [-0.3, -0.25) is 61.7 Å². The second-order valence-corrected chi connectivity index (χ2v) is 21.0. The molecule has 75 heavy (non-hydrogen) atoms. The Hall–Kier alpha value is -7.39. The number of phenolic OH excluding ortho intramolecular Hbond substituents is 1. The maximum Gasteiger partial charge on any atom is 0.317 e. The Morgan fingerprint density at radius 3 is 1.87 bits per heavy atom. The van der Waals surface area contributed by atoms with Gasteiger partial charge in [-0.15, -0.1) is 0 Å². The molecule has 7 atom stereocenters. The van der Waals surface area contributed by atoms with Gasteiger partial charge >= 0.3 is 11.9 Å². The summed E-state index contributed by atoms with van der Waals surface area (Å²) < 4.78 is 13.2. The van der Waals surface area contributed by atoms with E-state index >= 15 is 0 Å². The first-order chi connectivity index (χ1) is 35.1. The summed E-state index contributed by atoms with van der Waals surface area (Å²) in [7, 11) is -2.31. The molecule has 17 N–H and O–H groups in total. The summed E-state index contributed by atoms with van der Waals surface area (Å²) in [6.07, 6.45) is -0.823. The fourth-order valence-electron chi connectivity index (χ4n) is 8.40. The Kier molecular flexibility index (Phi) is 23.9. The van der Waals surface area contributed by atoms with Gasteiger partial charge in [0.1, 0.15) is 53.3 Å². The molecule has 416 valence electrons. The summed E-state index contributed by atoms with van der Waals surface area (Å²) in [6.45, 7) is 6.55. The molecule has 1 aliphatic heterocycles. The number of primary amides is 2. The number of amides is 10. The minimum atomic E-state index is -2.31. The average Bonchev–Trinajstić information content (AvgIpc) is 3.31. The van der Waals surface area contributed by atoms with Crippen molar-refractivity contribution in [2.24, 2.45) is 29.2 Å². The molecule has 2 aliphatic rings. The van der Waals surface area contributed by atoms with Gasteiger partial charge in [0.05, 0.1) is 17.9 Å². The topological polar surface area (TPSA) is 457 Å². The first-order valence-corrected chi connectivity index (χ1v) is 26.0. The highest BCUT2D eigenvalue weighted by atomic mass is 32.2. The van der Waals surface area contributed by atoms with E-state index < -0.39 is 166 Å². The molecule has 3 rings (SSSR count). The van der Waals surface area contributed by atoms with Crippen molar-refractivity contribution in [1.82, 2.24) is 42.5 Å². The predicted molar refractivity (Wildman–Crippen MR) is 267 cm³/mol. The van der Waals surface area contributed by atoms with Gasteiger partial charge in [0.25, 0.3) is 0 Å². The predicted octanol–water partition coefficient (Wildman–Crippen LogP) is -3.47. The zero-order valence-electron chi connectivity index (χ0n) is 42.3. The molecule has 0 radical (unpaired) electrons. The molecule has 1 unspecified atom stereocenters. The van der Waals surface area contributed by atoms with E-state index in [9.17, 15) is 77.1 Å². The highest BCUT2D eigenvalue weighted by Gasteiger charge is 2.45. The van der Waals surface area contributed by atoms with Crippen molar-refractivity contribution in [3.8, 4) is 5.75 Å². The van der Waals surface area contributed by atoms with Gasteiger partial charge in [0.2, 0.25) is 59.1 Å². The number of aromatic hydroxyl groups is 1. The van der Waals surface area contributed by atoms with Gasteiger partial charge in [0.15, 0.2) is 5.92 Å². The lowest BCUT2D eigenvalue weighted by molar-refractivity contribution is -0.155. The standard InChI is InChI=1S/C47H71N11O16S/c1-23(2)16-28-39(64)55-29(18-25-11-12-33(59)27(48)17-25)42(67)58-47(13-7-5-8-14-47)46(73)56-31(20-34(49)60)41(66)57-37(24(3)4)43(68)51-15-9-6-10-35(61)53-32(38(50)63)21-75(74)22-36(62)52-30(40(65)54-28)19-26(44(69)70)45(71)72/h11-12,17,23-24,26,28-32,37,59H,5-10,13-16,18-22,48H2,1-4H3,(H2,49,60)(H2,50,63)(H,51,68)(H,52,62)(H,53,61)(H,54,65)(H,55,64)(H,56,73)(H,57,66)(H,58,67)(H,69,70)(H,71,72)/t28-,29-,30-,31-,32+,37-,75?/m0/s1. The number of nitrogens with one attached hydrogen (secondary N) is 8. The molecule has 1 spiro atoms. The zero-order chi connectivity index (χ0) is 56.3. The molecule has 28 heteroatoms. The van der Waals surface area contributed by atoms with Crippen molar-refractivity contribution in [2.75, 3.05) is 23.8 Å². The van der Waals surface area contributed by atoms with Crippen LogP contribution >= 0.6 is 0 Å². The fraction of sp³-hybridized carbons (Fsp3) is 0.617. The van der Waals surface area contributed by atoms with Gasteiger partial charge in [-0.1, -0.05) is 53.0 Å². The summed E-state index contributed by atoms with van der Waals surface area (Å²) in [5.74, 6) is -18.9. The highest BCUT2D eigenvalue weighted by Crippen LogP contribution is 2.30. The number of anilines is 1. The maximum absolute atomic E-state index is 14.7. The first-order valence-electron chi connectivity index (χ1n) is 24.5. The number of carbonyl (C=O) groups is 12. The minimum Gasteiger partial charge on any atom is -0.506 e. The quantitative estimate of drug-likeness (QED) is 0.0549. The van der Waals surface area contributed by atoms with Gasteiger partial charge < -0.3 is 75.1 Å². The molecule has 1 aromatic carbocycles. The Morgan fingerprint density at radius 1 is 0.707 bits per heavy atom. The van der Waals surface area contributed by atoms with Crippen LogP contribution in [0.2, 0.25) is 0 Å². The molecule has 1 heterocycles. The molecule has 2 fully saturated rings. The van der Waals surface area contributed by atoms with Gasteiger partial charge in [0, 0.05) is 36.6 Å². The summed E-state index contributed by atoms with van der Waals surface area (Å²) in [4.78, 5) is 160. The van der Waals surface area contributed by atoms with Gasteiger partial charge in [-0.05, 0) is 61.6 Å². The summed E-state index contributed by atoms with van der Waals surface area (Å²) in [5.41, 5.74) is 15.4. The lowest BCUT2D eigenvalue weighted by atomic mass is 9.80. The number of aliphatic carboxylic acids is 2. The van der Waals surface area contributed by atoms with Crippen LogP contribution in [0.3, 0.4) is 0 Å². The highest BCUT2D eigenvalue weighted by molar-refractivity contribution is 7.85. The largest absolute Gasteiger partial charge is 0.506 e. The van der Waals surface area contributed by atoms with Crippen LogP contribution < -0.4 is 59.7 Å². The molecule has 0 bridgehead atoms. The van der Waals surface area contributed by atoms with Crippen LogP contribution in [0.4, 0.5) is 5.69 Å². The molecule has 10 amide bonds. The van der Waals surface area contributed by atoms with Crippen molar-refractivity contribution in [2.45, 2.75) is 147 Å². The first kappa shape index (κ1) is 61.9. The van der Waals surface area contributed by atoms with E-state index in [1.165, 1.54) is 18.2 Å². The van der Waals surface area contributed by atoms with Crippen LogP contribution in [-0.2, 0) is 74.8 Å². The number of phenols is 1. The Balaban J connectivity index is 2.17. The maximum atomic E-state index is 14.7. The normalized spacial score (nSPS) is 24.8. The number of benzene rings is 1. The summed E-state index contributed by atoms with van der Waals surface area (Å²) in [5, 5.41) is 49.6. The smallest absolute Gasteiger partial charge is 0.317 e. The molecule has 1 aromatic rings. The Bertz CT molecular complexity index is 2330. The van der Waals surface area contributed by atoms with E-state index in [0.29, 0.717) is 19.3 Å². The van der Waals surface area contributed by atoms with E-state index in [-0.39, 0.29) is 68.5 Å².